The molecule has 0 N–H and O–H groups in total. The molecule has 0 radical (unpaired) electrons. The number of carbonyl (C=O) groups excluding carboxylic acids is 1. The molecular formula is C19H17N5O2. The third kappa shape index (κ3) is 2.99. The number of benzene rings is 1. The fourth-order valence-electron chi connectivity index (χ4n) is 2.95. The molecule has 0 bridgehead atoms. The fourth-order valence-corrected chi connectivity index (χ4v) is 2.95. The predicted octanol–water partition coefficient (Wildman–Crippen LogP) is 3.51. The molecule has 0 aliphatic rings. The molecular weight excluding hydrogens is 330 g/mol. The lowest BCUT2D eigenvalue weighted by Crippen LogP contribution is -2.00. The number of fused-ring (bicyclic) bond motifs is 1. The van der Waals surface area contributed by atoms with Crippen LogP contribution in [0.1, 0.15) is 36.0 Å². The minimum atomic E-state index is 0.147. The van der Waals surface area contributed by atoms with Crippen molar-refractivity contribution < 1.29 is 9.32 Å². The normalized spacial score (nSPS) is 11.1. The molecule has 3 aromatic heterocycles. The first-order chi connectivity index (χ1) is 12.8. The van der Waals surface area contributed by atoms with Gasteiger partial charge in [-0.1, -0.05) is 30.3 Å². The molecule has 130 valence electrons. The highest BCUT2D eigenvalue weighted by atomic mass is 16.5. The van der Waals surface area contributed by atoms with Crippen molar-refractivity contribution in [1.82, 2.24) is 24.9 Å². The third-order valence-electron chi connectivity index (χ3n) is 4.14. The molecule has 0 atom stereocenters. The number of carbonyl (C=O) groups is 1. The van der Waals surface area contributed by atoms with E-state index in [0.29, 0.717) is 30.4 Å². The molecule has 0 aliphatic heterocycles. The molecule has 7 heteroatoms. The maximum absolute atomic E-state index is 12.4. The summed E-state index contributed by atoms with van der Waals surface area (Å²) in [6.45, 7) is 2.39. The first kappa shape index (κ1) is 16.1. The van der Waals surface area contributed by atoms with Gasteiger partial charge in [-0.25, -0.2) is 0 Å². The van der Waals surface area contributed by atoms with Crippen molar-refractivity contribution in [2.24, 2.45) is 0 Å². The summed E-state index contributed by atoms with van der Waals surface area (Å²) in [4.78, 5) is 16.8. The average Bonchev–Trinajstić information content (AvgIpc) is 3.29. The van der Waals surface area contributed by atoms with E-state index in [-0.39, 0.29) is 5.78 Å². The zero-order valence-corrected chi connectivity index (χ0v) is 14.3. The summed E-state index contributed by atoms with van der Waals surface area (Å²) in [6, 6.07) is 11.4. The monoisotopic (exact) mass is 347 g/mol. The van der Waals surface area contributed by atoms with Crippen LogP contribution in [0.25, 0.3) is 22.4 Å². The molecule has 4 rings (SSSR count). The number of nitrogens with zero attached hydrogens (tertiary/aromatic N) is 5. The van der Waals surface area contributed by atoms with Gasteiger partial charge in [0.25, 0.3) is 0 Å². The van der Waals surface area contributed by atoms with Crippen LogP contribution in [0.15, 0.2) is 53.3 Å². The first-order valence-corrected chi connectivity index (χ1v) is 8.48. The van der Waals surface area contributed by atoms with E-state index in [1.54, 1.807) is 18.3 Å². The third-order valence-corrected chi connectivity index (χ3v) is 4.14. The Bertz CT molecular complexity index is 1050. The van der Waals surface area contributed by atoms with E-state index in [9.17, 15) is 4.79 Å². The molecule has 0 fully saturated rings. The highest BCUT2D eigenvalue weighted by Crippen LogP contribution is 2.24. The lowest BCUT2D eigenvalue weighted by molar-refractivity contribution is 0.0983. The van der Waals surface area contributed by atoms with Crippen molar-refractivity contribution in [3.63, 3.8) is 0 Å². The first-order valence-electron chi connectivity index (χ1n) is 8.48. The second-order valence-electron chi connectivity index (χ2n) is 5.98. The lowest BCUT2D eigenvalue weighted by Gasteiger charge is -2.00. The Balaban J connectivity index is 1.68. The van der Waals surface area contributed by atoms with E-state index in [4.69, 9.17) is 4.52 Å². The van der Waals surface area contributed by atoms with Crippen molar-refractivity contribution >= 4 is 16.7 Å². The molecule has 0 saturated heterocycles. The Morgan fingerprint density at radius 1 is 1.19 bits per heavy atom. The van der Waals surface area contributed by atoms with Gasteiger partial charge < -0.3 is 9.09 Å². The van der Waals surface area contributed by atoms with Gasteiger partial charge in [0, 0.05) is 35.3 Å². The van der Waals surface area contributed by atoms with Gasteiger partial charge >= 0.3 is 0 Å². The number of rotatable bonds is 6. The van der Waals surface area contributed by atoms with Crippen LogP contribution in [0.4, 0.5) is 0 Å². The van der Waals surface area contributed by atoms with Gasteiger partial charge in [0.2, 0.25) is 11.7 Å². The number of ketones is 1. The Labute approximate surface area is 149 Å². The van der Waals surface area contributed by atoms with Crippen molar-refractivity contribution in [2.75, 3.05) is 0 Å². The molecule has 0 aliphatic carbocycles. The quantitative estimate of drug-likeness (QED) is 0.496. The summed E-state index contributed by atoms with van der Waals surface area (Å²) in [7, 11) is 0. The van der Waals surface area contributed by atoms with Crippen LogP contribution in [0.3, 0.4) is 0 Å². The molecule has 0 unspecified atom stereocenters. The van der Waals surface area contributed by atoms with Gasteiger partial charge in [-0.3, -0.25) is 4.79 Å². The van der Waals surface area contributed by atoms with Crippen LogP contribution >= 0.6 is 0 Å². The predicted molar refractivity (Wildman–Crippen MR) is 95.6 cm³/mol. The smallest absolute Gasteiger partial charge is 0.246 e. The highest BCUT2D eigenvalue weighted by Gasteiger charge is 2.16. The minimum Gasteiger partial charge on any atom is -0.337 e. The van der Waals surface area contributed by atoms with Gasteiger partial charge in [0.15, 0.2) is 5.78 Å². The zero-order chi connectivity index (χ0) is 17.9. The largest absolute Gasteiger partial charge is 0.337 e. The summed E-state index contributed by atoms with van der Waals surface area (Å²) < 4.78 is 7.32. The fraction of sp³-hybridized carbons (Fsp3) is 0.211. The van der Waals surface area contributed by atoms with E-state index >= 15 is 0 Å². The van der Waals surface area contributed by atoms with Crippen LogP contribution in [0.2, 0.25) is 0 Å². The number of hydrogen-bond donors (Lipinski definition) is 0. The van der Waals surface area contributed by atoms with Crippen molar-refractivity contribution in [1.29, 1.82) is 0 Å². The standard InChI is InChI=1S/C19H17N5O2/c1-2-6-17(25)14-11-24(16-9-4-3-7-13(14)16)12-18-21-19(23-26-18)15-8-5-10-20-22-15/h3-5,7-11H,2,6,12H2,1H3. The Kier molecular flexibility index (Phi) is 4.27. The summed E-state index contributed by atoms with van der Waals surface area (Å²) in [5.41, 5.74) is 2.25. The molecule has 3 heterocycles. The molecule has 0 saturated carbocycles. The number of Topliss-reactive ketones (excluding diaryl/α,β-unsaturated/α-hetero) is 1. The van der Waals surface area contributed by atoms with E-state index in [0.717, 1.165) is 22.9 Å². The molecule has 1 aromatic carbocycles. The number of para-hydroxylation sites is 1. The van der Waals surface area contributed by atoms with Gasteiger partial charge in [-0.2, -0.15) is 10.1 Å². The van der Waals surface area contributed by atoms with Crippen molar-refractivity contribution in [3.05, 3.63) is 60.2 Å². The second-order valence-corrected chi connectivity index (χ2v) is 5.98. The van der Waals surface area contributed by atoms with Crippen molar-refractivity contribution in [3.8, 4) is 11.5 Å². The Hall–Kier alpha value is -3.35. The molecule has 7 nitrogen and oxygen atoms in total. The van der Waals surface area contributed by atoms with Crippen LogP contribution in [-0.2, 0) is 6.54 Å². The summed E-state index contributed by atoms with van der Waals surface area (Å²) in [5, 5.41) is 12.7. The summed E-state index contributed by atoms with van der Waals surface area (Å²) in [6.07, 6.45) is 4.81. The van der Waals surface area contributed by atoms with Crippen LogP contribution in [0, 0.1) is 0 Å². The highest BCUT2D eigenvalue weighted by molar-refractivity contribution is 6.08. The topological polar surface area (TPSA) is 86.7 Å². The summed E-state index contributed by atoms with van der Waals surface area (Å²) in [5.74, 6) is 0.987. The van der Waals surface area contributed by atoms with E-state index in [2.05, 4.69) is 20.3 Å². The van der Waals surface area contributed by atoms with Gasteiger partial charge in [0.05, 0.1) is 0 Å². The van der Waals surface area contributed by atoms with Gasteiger partial charge in [0.1, 0.15) is 12.2 Å². The summed E-state index contributed by atoms with van der Waals surface area (Å²) >= 11 is 0. The zero-order valence-electron chi connectivity index (χ0n) is 14.3. The van der Waals surface area contributed by atoms with Crippen LogP contribution in [0.5, 0.6) is 0 Å². The van der Waals surface area contributed by atoms with Crippen LogP contribution < -0.4 is 0 Å². The van der Waals surface area contributed by atoms with Gasteiger partial charge in [-0.15, -0.1) is 5.10 Å². The SMILES string of the molecule is CCCC(=O)c1cn(Cc2nc(-c3cccnn3)no2)c2ccccc12. The van der Waals surface area contributed by atoms with Crippen LogP contribution in [-0.4, -0.2) is 30.7 Å². The molecule has 26 heavy (non-hydrogen) atoms. The van der Waals surface area contributed by atoms with E-state index in [1.807, 2.05) is 42.0 Å². The average molecular weight is 347 g/mol. The van der Waals surface area contributed by atoms with E-state index < -0.39 is 0 Å². The molecule has 4 aromatic rings. The van der Waals surface area contributed by atoms with Gasteiger partial charge in [-0.05, 0) is 24.6 Å². The maximum atomic E-state index is 12.4. The Morgan fingerprint density at radius 2 is 2.08 bits per heavy atom. The molecule has 0 amide bonds. The number of aromatic nitrogens is 5. The van der Waals surface area contributed by atoms with Crippen molar-refractivity contribution in [2.45, 2.75) is 26.3 Å². The second kappa shape index (κ2) is 6.87. The number of hydrogen-bond acceptors (Lipinski definition) is 6. The minimum absolute atomic E-state index is 0.147. The molecule has 0 spiro atoms. The lowest BCUT2D eigenvalue weighted by atomic mass is 10.1. The van der Waals surface area contributed by atoms with E-state index in [1.165, 1.54) is 0 Å². The Morgan fingerprint density at radius 3 is 2.88 bits per heavy atom. The maximum Gasteiger partial charge on any atom is 0.246 e.